The van der Waals surface area contributed by atoms with Crippen molar-refractivity contribution in [1.82, 2.24) is 10.3 Å². The summed E-state index contributed by atoms with van der Waals surface area (Å²) < 4.78 is 5.80. The van der Waals surface area contributed by atoms with Crippen molar-refractivity contribution in [2.45, 2.75) is 65.1 Å². The zero-order chi connectivity index (χ0) is 16.1. The van der Waals surface area contributed by atoms with Crippen LogP contribution in [0.5, 0.6) is 0 Å². The van der Waals surface area contributed by atoms with Crippen LogP contribution in [0, 0.1) is 19.8 Å². The monoisotopic (exact) mass is 325 g/mol. The van der Waals surface area contributed by atoms with Crippen LogP contribution in [0.2, 0.25) is 0 Å². The Morgan fingerprint density at radius 2 is 2.23 bits per heavy atom. The molecule has 1 fully saturated rings. The minimum atomic E-state index is 0.0102. The number of nitrogens with two attached hydrogens (primary N) is 1. The number of aromatic nitrogens is 1. The molecule has 1 aliphatic carbocycles. The van der Waals surface area contributed by atoms with Crippen LogP contribution < -0.4 is 11.1 Å². The number of hydrogen-bond donors (Lipinski definition) is 2. The lowest BCUT2D eigenvalue weighted by atomic mass is 9.83. The summed E-state index contributed by atoms with van der Waals surface area (Å²) >= 11 is 1.64. The maximum atomic E-state index is 12.4. The molecule has 3 N–H and O–H groups in total. The molecule has 6 heteroatoms. The third-order valence-electron chi connectivity index (χ3n) is 4.17. The summed E-state index contributed by atoms with van der Waals surface area (Å²) in [6, 6.07) is 0.0574. The smallest absolute Gasteiger partial charge is 0.223 e. The van der Waals surface area contributed by atoms with Crippen LogP contribution in [0.3, 0.4) is 0 Å². The molecule has 3 atom stereocenters. The van der Waals surface area contributed by atoms with Crippen LogP contribution in [-0.4, -0.2) is 29.6 Å². The van der Waals surface area contributed by atoms with E-state index in [2.05, 4.69) is 17.2 Å². The van der Waals surface area contributed by atoms with Gasteiger partial charge in [0.05, 0.1) is 23.4 Å². The van der Waals surface area contributed by atoms with E-state index in [0.717, 1.165) is 41.3 Å². The zero-order valence-corrected chi connectivity index (χ0v) is 14.5. The van der Waals surface area contributed by atoms with Gasteiger partial charge in [0.2, 0.25) is 5.91 Å². The molecule has 124 valence electrons. The fourth-order valence-electron chi connectivity index (χ4n) is 2.90. The minimum absolute atomic E-state index is 0.0102. The maximum Gasteiger partial charge on any atom is 0.223 e. The highest BCUT2D eigenvalue weighted by Gasteiger charge is 2.32. The first-order valence-corrected chi connectivity index (χ1v) is 8.90. The van der Waals surface area contributed by atoms with E-state index in [1.807, 2.05) is 13.8 Å². The number of nitrogens with one attached hydrogen (secondary N) is 1. The third kappa shape index (κ3) is 4.51. The van der Waals surface area contributed by atoms with Crippen molar-refractivity contribution in [2.24, 2.45) is 11.7 Å². The molecule has 0 aromatic carbocycles. The molecule has 22 heavy (non-hydrogen) atoms. The normalized spacial score (nSPS) is 25.2. The number of rotatable bonds is 6. The lowest BCUT2D eigenvalue weighted by molar-refractivity contribution is -0.128. The Bertz CT molecular complexity index is 504. The van der Waals surface area contributed by atoms with Crippen molar-refractivity contribution in [3.8, 4) is 0 Å². The number of carbonyl (C=O) groups excluding carboxylic acids is 1. The second-order valence-corrected chi connectivity index (χ2v) is 7.33. The summed E-state index contributed by atoms with van der Waals surface area (Å²) in [5.74, 6) is 0.124. The van der Waals surface area contributed by atoms with Crippen LogP contribution in [0.1, 0.15) is 48.2 Å². The molecule has 2 rings (SSSR count). The van der Waals surface area contributed by atoms with E-state index in [9.17, 15) is 4.79 Å². The molecule has 0 saturated heterocycles. The number of carbonyl (C=O) groups is 1. The van der Waals surface area contributed by atoms with Crippen molar-refractivity contribution >= 4 is 17.2 Å². The molecule has 0 aliphatic heterocycles. The first-order valence-electron chi connectivity index (χ1n) is 8.09. The number of thiazole rings is 1. The number of nitrogens with zero attached hydrogens (tertiary/aromatic N) is 1. The Hall–Kier alpha value is -0.980. The van der Waals surface area contributed by atoms with Crippen molar-refractivity contribution < 1.29 is 9.53 Å². The molecule has 1 aliphatic rings. The lowest BCUT2D eigenvalue weighted by Gasteiger charge is -2.33. The van der Waals surface area contributed by atoms with Crippen LogP contribution >= 0.6 is 11.3 Å². The van der Waals surface area contributed by atoms with Gasteiger partial charge in [-0.05, 0) is 39.5 Å². The molecule has 1 aromatic rings. The molecule has 5 nitrogen and oxygen atoms in total. The van der Waals surface area contributed by atoms with Gasteiger partial charge in [-0.3, -0.25) is 4.79 Å². The van der Waals surface area contributed by atoms with Gasteiger partial charge in [-0.25, -0.2) is 4.98 Å². The molecular weight excluding hydrogens is 298 g/mol. The highest BCUT2D eigenvalue weighted by Crippen LogP contribution is 2.26. The molecule has 0 radical (unpaired) electrons. The molecule has 0 bridgehead atoms. The van der Waals surface area contributed by atoms with Gasteiger partial charge >= 0.3 is 0 Å². The summed E-state index contributed by atoms with van der Waals surface area (Å²) in [5.41, 5.74) is 7.12. The van der Waals surface area contributed by atoms with Gasteiger partial charge in [0.25, 0.3) is 0 Å². The van der Waals surface area contributed by atoms with E-state index in [4.69, 9.17) is 10.5 Å². The Morgan fingerprint density at radius 3 is 2.86 bits per heavy atom. The fraction of sp³-hybridized carbons (Fsp3) is 0.750. The number of ether oxygens (including phenoxy) is 1. The van der Waals surface area contributed by atoms with E-state index in [0.29, 0.717) is 13.2 Å². The molecule has 1 amide bonds. The van der Waals surface area contributed by atoms with Crippen molar-refractivity contribution in [3.63, 3.8) is 0 Å². The van der Waals surface area contributed by atoms with E-state index >= 15 is 0 Å². The average Bonchev–Trinajstić information content (AvgIpc) is 2.81. The van der Waals surface area contributed by atoms with Gasteiger partial charge in [0.15, 0.2) is 0 Å². The van der Waals surface area contributed by atoms with Gasteiger partial charge in [0, 0.05) is 23.4 Å². The van der Waals surface area contributed by atoms with E-state index in [-0.39, 0.29) is 24.0 Å². The van der Waals surface area contributed by atoms with Crippen molar-refractivity contribution in [1.29, 1.82) is 0 Å². The number of hydrogen-bond acceptors (Lipinski definition) is 5. The van der Waals surface area contributed by atoms with Crippen molar-refractivity contribution in [2.75, 3.05) is 6.61 Å². The largest absolute Gasteiger partial charge is 0.377 e. The molecule has 0 spiro atoms. The quantitative estimate of drug-likeness (QED) is 0.841. The highest BCUT2D eigenvalue weighted by molar-refractivity contribution is 7.11. The zero-order valence-electron chi connectivity index (χ0n) is 13.7. The summed E-state index contributed by atoms with van der Waals surface area (Å²) in [6.45, 7) is 7.34. The predicted molar refractivity (Wildman–Crippen MR) is 88.8 cm³/mol. The molecule has 1 aromatic heterocycles. The summed E-state index contributed by atoms with van der Waals surface area (Å²) in [5, 5.41) is 4.09. The summed E-state index contributed by atoms with van der Waals surface area (Å²) in [4.78, 5) is 17.9. The number of aryl methyl sites for hydroxylation is 2. The van der Waals surface area contributed by atoms with Crippen LogP contribution in [-0.2, 0) is 16.1 Å². The topological polar surface area (TPSA) is 77.2 Å². The van der Waals surface area contributed by atoms with Gasteiger partial charge < -0.3 is 15.8 Å². The fourth-order valence-corrected chi connectivity index (χ4v) is 3.78. The minimum Gasteiger partial charge on any atom is -0.377 e. The van der Waals surface area contributed by atoms with Gasteiger partial charge in [0.1, 0.15) is 0 Å². The molecule has 1 saturated carbocycles. The molecule has 0 unspecified atom stereocenters. The van der Waals surface area contributed by atoms with Crippen LogP contribution in [0.4, 0.5) is 0 Å². The lowest BCUT2D eigenvalue weighted by Crippen LogP contribution is -2.45. The highest BCUT2D eigenvalue weighted by atomic mass is 32.1. The first-order chi connectivity index (χ1) is 10.5. The standard InChI is InChI=1S/C16H27N3O2S/c1-4-7-21-14-8-12(5-6-13(14)17)16(20)18-9-15-10(2)19-11(3)22-15/h12-14H,4-9,17H2,1-3H3,(H,18,20)/t12-,13+,14+/m0/s1. The Labute approximate surface area is 136 Å². The predicted octanol–water partition coefficient (Wildman–Crippen LogP) is 2.30. The van der Waals surface area contributed by atoms with Gasteiger partial charge in [-0.2, -0.15) is 0 Å². The van der Waals surface area contributed by atoms with E-state index in [1.54, 1.807) is 11.3 Å². The maximum absolute atomic E-state index is 12.4. The Kier molecular flexibility index (Phi) is 6.35. The van der Waals surface area contributed by atoms with Crippen LogP contribution in [0.25, 0.3) is 0 Å². The van der Waals surface area contributed by atoms with Crippen LogP contribution in [0.15, 0.2) is 0 Å². The molecule has 1 heterocycles. The third-order valence-corrected chi connectivity index (χ3v) is 5.25. The van der Waals surface area contributed by atoms with Gasteiger partial charge in [-0.1, -0.05) is 6.92 Å². The summed E-state index contributed by atoms with van der Waals surface area (Å²) in [6.07, 6.45) is 3.42. The summed E-state index contributed by atoms with van der Waals surface area (Å²) in [7, 11) is 0. The van der Waals surface area contributed by atoms with E-state index < -0.39 is 0 Å². The SMILES string of the molecule is CCCO[C@@H]1C[C@@H](C(=O)NCc2sc(C)nc2C)CC[C@H]1N. The first kappa shape index (κ1) is 17.4. The second kappa shape index (κ2) is 8.04. The Balaban J connectivity index is 1.85. The van der Waals surface area contributed by atoms with Gasteiger partial charge in [-0.15, -0.1) is 11.3 Å². The number of amides is 1. The second-order valence-electron chi connectivity index (χ2n) is 6.04. The average molecular weight is 325 g/mol. The Morgan fingerprint density at radius 1 is 1.45 bits per heavy atom. The molecular formula is C16H27N3O2S. The van der Waals surface area contributed by atoms with Crippen molar-refractivity contribution in [3.05, 3.63) is 15.6 Å². The van der Waals surface area contributed by atoms with E-state index in [1.165, 1.54) is 0 Å².